The summed E-state index contributed by atoms with van der Waals surface area (Å²) >= 11 is 0. The van der Waals surface area contributed by atoms with Crippen LogP contribution in [0.2, 0.25) is 0 Å². The van der Waals surface area contributed by atoms with Crippen LogP contribution < -0.4 is 0 Å². The van der Waals surface area contributed by atoms with E-state index in [9.17, 15) is 4.79 Å². The number of rotatable bonds is 5. The summed E-state index contributed by atoms with van der Waals surface area (Å²) in [6.07, 6.45) is 3.63. The molecular weight excluding hydrogens is 292 g/mol. The lowest BCUT2D eigenvalue weighted by Gasteiger charge is -2.37. The number of piperidine rings is 1. The van der Waals surface area contributed by atoms with E-state index in [1.54, 1.807) is 0 Å². The molecule has 3 rings (SSSR count). The quantitative estimate of drug-likeness (QED) is 0.816. The molecule has 0 bridgehead atoms. The Hall–Kier alpha value is -2.28. The molecule has 23 heavy (non-hydrogen) atoms. The first-order valence-corrected chi connectivity index (χ1v) is 7.95. The fraction of sp³-hybridized carbons (Fsp3) is 0.500. The molecule has 0 radical (unpaired) electrons. The molecule has 1 saturated heterocycles. The summed E-state index contributed by atoms with van der Waals surface area (Å²) in [5.74, 6) is 0.0788. The highest BCUT2D eigenvalue weighted by atomic mass is 16.2. The zero-order valence-electron chi connectivity index (χ0n) is 13.4. The van der Waals surface area contributed by atoms with Gasteiger partial charge in [-0.2, -0.15) is 0 Å². The summed E-state index contributed by atoms with van der Waals surface area (Å²) in [7, 11) is 2.13. The van der Waals surface area contributed by atoms with Crippen molar-refractivity contribution in [2.45, 2.75) is 32.0 Å². The molecule has 122 valence electrons. The highest BCUT2D eigenvalue weighted by Gasteiger charge is 2.26. The largest absolute Gasteiger partial charge is 0.340 e. The van der Waals surface area contributed by atoms with Gasteiger partial charge in [-0.05, 0) is 35.9 Å². The number of hydrogen-bond donors (Lipinski definition) is 0. The van der Waals surface area contributed by atoms with Gasteiger partial charge in [0, 0.05) is 25.7 Å². The van der Waals surface area contributed by atoms with Gasteiger partial charge in [0.1, 0.15) is 12.9 Å². The van der Waals surface area contributed by atoms with E-state index in [0.717, 1.165) is 32.5 Å². The summed E-state index contributed by atoms with van der Waals surface area (Å²) in [6.45, 7) is 2.70. The predicted molar refractivity (Wildman–Crippen MR) is 85.3 cm³/mol. The first-order chi connectivity index (χ1) is 11.2. The molecular formula is C16H22N6O. The Kier molecular flexibility index (Phi) is 4.97. The molecule has 1 amide bonds. The number of likely N-dealkylation sites (tertiary alicyclic amines) is 1. The van der Waals surface area contributed by atoms with Gasteiger partial charge in [0.25, 0.3) is 0 Å². The average Bonchev–Trinajstić information content (AvgIpc) is 3.09. The second-order valence-corrected chi connectivity index (χ2v) is 6.04. The number of carbonyl (C=O) groups is 1. The number of benzene rings is 1. The number of nitrogens with zero attached hydrogens (tertiary/aromatic N) is 6. The van der Waals surface area contributed by atoms with Crippen LogP contribution in [0.25, 0.3) is 0 Å². The fourth-order valence-corrected chi connectivity index (χ4v) is 3.03. The van der Waals surface area contributed by atoms with Crippen molar-refractivity contribution in [3.05, 3.63) is 42.2 Å². The number of likely N-dealkylation sites (N-methyl/N-ethyl adjacent to an activating group) is 1. The van der Waals surface area contributed by atoms with Crippen LogP contribution >= 0.6 is 0 Å². The van der Waals surface area contributed by atoms with Gasteiger partial charge in [-0.3, -0.25) is 9.69 Å². The smallest absolute Gasteiger partial charge is 0.244 e. The van der Waals surface area contributed by atoms with Crippen molar-refractivity contribution in [3.63, 3.8) is 0 Å². The van der Waals surface area contributed by atoms with Gasteiger partial charge in [-0.1, -0.05) is 30.3 Å². The number of carbonyl (C=O) groups excluding carboxylic acids is 1. The Balaban J connectivity index is 1.56. The number of hydrogen-bond acceptors (Lipinski definition) is 5. The molecule has 1 aliphatic heterocycles. The summed E-state index contributed by atoms with van der Waals surface area (Å²) < 4.78 is 1.47. The zero-order valence-corrected chi connectivity index (χ0v) is 13.4. The summed E-state index contributed by atoms with van der Waals surface area (Å²) in [5, 5.41) is 10.9. The molecule has 1 aromatic carbocycles. The number of tetrazole rings is 1. The van der Waals surface area contributed by atoms with Crippen molar-refractivity contribution in [2.75, 3.05) is 20.1 Å². The van der Waals surface area contributed by atoms with E-state index in [-0.39, 0.29) is 12.5 Å². The molecule has 2 aromatic rings. The van der Waals surface area contributed by atoms with Crippen LogP contribution in [0.4, 0.5) is 0 Å². The van der Waals surface area contributed by atoms with Crippen molar-refractivity contribution in [3.8, 4) is 0 Å². The first-order valence-electron chi connectivity index (χ1n) is 7.95. The minimum absolute atomic E-state index is 0.0788. The molecule has 0 unspecified atom stereocenters. The van der Waals surface area contributed by atoms with Gasteiger partial charge in [-0.15, -0.1) is 5.10 Å². The van der Waals surface area contributed by atoms with E-state index in [1.165, 1.54) is 16.6 Å². The van der Waals surface area contributed by atoms with Crippen LogP contribution in [-0.4, -0.2) is 62.1 Å². The average molecular weight is 314 g/mol. The van der Waals surface area contributed by atoms with Crippen LogP contribution in [0.5, 0.6) is 0 Å². The maximum atomic E-state index is 12.4. The van der Waals surface area contributed by atoms with Gasteiger partial charge in [0.05, 0.1) is 0 Å². The molecule has 0 aliphatic carbocycles. The van der Waals surface area contributed by atoms with E-state index in [4.69, 9.17) is 0 Å². The maximum absolute atomic E-state index is 12.4. The molecule has 0 saturated carbocycles. The van der Waals surface area contributed by atoms with E-state index in [2.05, 4.69) is 51.7 Å². The van der Waals surface area contributed by atoms with Crippen molar-refractivity contribution in [2.24, 2.45) is 0 Å². The van der Waals surface area contributed by atoms with Gasteiger partial charge in [0.2, 0.25) is 5.91 Å². The van der Waals surface area contributed by atoms with E-state index in [1.807, 2.05) is 11.0 Å². The second kappa shape index (κ2) is 7.32. The molecule has 7 heteroatoms. The minimum Gasteiger partial charge on any atom is -0.340 e. The molecule has 0 spiro atoms. The maximum Gasteiger partial charge on any atom is 0.244 e. The Morgan fingerprint density at radius 3 is 2.91 bits per heavy atom. The van der Waals surface area contributed by atoms with Gasteiger partial charge < -0.3 is 4.90 Å². The molecule has 2 heterocycles. The lowest BCUT2D eigenvalue weighted by atomic mass is 10.0. The third kappa shape index (κ3) is 4.13. The normalized spacial score (nSPS) is 18.3. The fourth-order valence-electron chi connectivity index (χ4n) is 3.03. The zero-order chi connectivity index (χ0) is 16.1. The topological polar surface area (TPSA) is 67.2 Å². The highest BCUT2D eigenvalue weighted by Crippen LogP contribution is 2.17. The molecule has 1 aliphatic rings. The summed E-state index contributed by atoms with van der Waals surface area (Å²) in [5.41, 5.74) is 1.30. The van der Waals surface area contributed by atoms with E-state index >= 15 is 0 Å². The van der Waals surface area contributed by atoms with Crippen LogP contribution in [0.1, 0.15) is 18.4 Å². The summed E-state index contributed by atoms with van der Waals surface area (Å²) in [6, 6.07) is 10.8. The van der Waals surface area contributed by atoms with Crippen LogP contribution in [0, 0.1) is 0 Å². The Labute approximate surface area is 135 Å². The SMILES string of the molecule is CN(Cc1ccccc1)[C@H]1CCCN(C(=O)Cn2cnnn2)C1. The van der Waals surface area contributed by atoms with Crippen LogP contribution in [-0.2, 0) is 17.9 Å². The lowest BCUT2D eigenvalue weighted by Crippen LogP contribution is -2.49. The monoisotopic (exact) mass is 314 g/mol. The molecule has 1 fully saturated rings. The second-order valence-electron chi connectivity index (χ2n) is 6.04. The molecule has 0 N–H and O–H groups in total. The van der Waals surface area contributed by atoms with Gasteiger partial charge in [-0.25, -0.2) is 4.68 Å². The minimum atomic E-state index is 0.0788. The van der Waals surface area contributed by atoms with Crippen molar-refractivity contribution >= 4 is 5.91 Å². The Morgan fingerprint density at radius 2 is 2.17 bits per heavy atom. The molecule has 1 atom stereocenters. The lowest BCUT2D eigenvalue weighted by molar-refractivity contribution is -0.134. The third-order valence-electron chi connectivity index (χ3n) is 4.34. The Bertz CT molecular complexity index is 615. The predicted octanol–water partition coefficient (Wildman–Crippen LogP) is 0.796. The van der Waals surface area contributed by atoms with Crippen molar-refractivity contribution < 1.29 is 4.79 Å². The van der Waals surface area contributed by atoms with E-state index in [0.29, 0.717) is 6.04 Å². The van der Waals surface area contributed by atoms with E-state index < -0.39 is 0 Å². The van der Waals surface area contributed by atoms with Crippen molar-refractivity contribution in [1.29, 1.82) is 0 Å². The van der Waals surface area contributed by atoms with Gasteiger partial charge in [0.15, 0.2) is 0 Å². The van der Waals surface area contributed by atoms with Crippen molar-refractivity contribution in [1.82, 2.24) is 30.0 Å². The van der Waals surface area contributed by atoms with Crippen LogP contribution in [0.3, 0.4) is 0 Å². The number of amides is 1. The molecule has 7 nitrogen and oxygen atoms in total. The summed E-state index contributed by atoms with van der Waals surface area (Å²) in [4.78, 5) is 16.6. The third-order valence-corrected chi connectivity index (χ3v) is 4.34. The van der Waals surface area contributed by atoms with Crippen LogP contribution in [0.15, 0.2) is 36.7 Å². The highest BCUT2D eigenvalue weighted by molar-refractivity contribution is 5.76. The standard InChI is InChI=1S/C16H22N6O/c1-20(10-14-6-3-2-4-7-14)15-8-5-9-21(11-15)16(23)12-22-13-17-18-19-22/h2-4,6-7,13,15H,5,8-12H2,1H3/t15-/m0/s1. The Morgan fingerprint density at radius 1 is 1.35 bits per heavy atom. The first kappa shape index (κ1) is 15.6. The molecule has 1 aromatic heterocycles. The number of aromatic nitrogens is 4. The van der Waals surface area contributed by atoms with Gasteiger partial charge >= 0.3 is 0 Å².